The Balaban J connectivity index is 1.84. The van der Waals surface area contributed by atoms with Gasteiger partial charge in [0.05, 0.1) is 12.2 Å². The number of anilines is 1. The lowest BCUT2D eigenvalue weighted by Gasteiger charge is -2.30. The molecule has 1 saturated heterocycles. The molecule has 1 aliphatic rings. The minimum absolute atomic E-state index is 0.208. The second kappa shape index (κ2) is 5.41. The predicted molar refractivity (Wildman–Crippen MR) is 78.2 cm³/mol. The van der Waals surface area contributed by atoms with Gasteiger partial charge in [-0.25, -0.2) is 9.97 Å². The van der Waals surface area contributed by atoms with Crippen LogP contribution in [0.2, 0.25) is 0 Å². The van der Waals surface area contributed by atoms with E-state index in [2.05, 4.69) is 30.8 Å². The van der Waals surface area contributed by atoms with Gasteiger partial charge in [-0.3, -0.25) is 4.39 Å². The number of hydrogen-bond donors (Lipinski definition) is 0. The molecule has 0 saturated carbocycles. The number of benzene rings is 1. The van der Waals surface area contributed by atoms with E-state index in [-0.39, 0.29) is 12.6 Å². The number of fused-ring (bicyclic) bond motifs is 1. The highest BCUT2D eigenvalue weighted by atomic mass is 79.9. The van der Waals surface area contributed by atoms with E-state index in [1.165, 1.54) is 0 Å². The van der Waals surface area contributed by atoms with Gasteiger partial charge in [-0.05, 0) is 37.0 Å². The maximum atomic E-state index is 12.6. The number of hydrogen-bond acceptors (Lipinski definition) is 3. The molecule has 0 N–H and O–H groups in total. The first kappa shape index (κ1) is 12.8. The Hall–Kier alpha value is -1.23. The maximum Gasteiger partial charge on any atom is 0.225 e. The van der Waals surface area contributed by atoms with Crippen molar-refractivity contribution in [1.29, 1.82) is 0 Å². The first-order valence-electron chi connectivity index (χ1n) is 6.49. The normalized spacial score (nSPS) is 17.1. The first-order chi connectivity index (χ1) is 9.26. The van der Waals surface area contributed by atoms with Crippen LogP contribution >= 0.6 is 15.9 Å². The van der Waals surface area contributed by atoms with E-state index >= 15 is 0 Å². The van der Waals surface area contributed by atoms with E-state index in [0.29, 0.717) is 0 Å². The van der Waals surface area contributed by atoms with Crippen LogP contribution in [0, 0.1) is 5.92 Å². The Morgan fingerprint density at radius 2 is 2.11 bits per heavy atom. The molecule has 0 spiro atoms. The molecule has 3 rings (SSSR count). The number of aromatic nitrogens is 2. The SMILES string of the molecule is FCC1CCN(c2ncc3cc(Br)ccc3n2)CC1. The molecular formula is C14H15BrFN3. The number of piperidine rings is 1. The topological polar surface area (TPSA) is 29.0 Å². The molecular weight excluding hydrogens is 309 g/mol. The number of alkyl halides is 1. The highest BCUT2D eigenvalue weighted by molar-refractivity contribution is 9.10. The monoisotopic (exact) mass is 323 g/mol. The van der Waals surface area contributed by atoms with Crippen molar-refractivity contribution in [3.8, 4) is 0 Å². The maximum absolute atomic E-state index is 12.6. The van der Waals surface area contributed by atoms with Crippen molar-refractivity contribution in [2.24, 2.45) is 5.92 Å². The molecule has 100 valence electrons. The van der Waals surface area contributed by atoms with Gasteiger partial charge in [0.1, 0.15) is 0 Å². The zero-order valence-electron chi connectivity index (χ0n) is 10.5. The highest BCUT2D eigenvalue weighted by Crippen LogP contribution is 2.23. The van der Waals surface area contributed by atoms with E-state index in [0.717, 1.165) is 47.3 Å². The number of rotatable bonds is 2. The van der Waals surface area contributed by atoms with Crippen LogP contribution in [0.25, 0.3) is 10.9 Å². The average molecular weight is 324 g/mol. The van der Waals surface area contributed by atoms with Crippen LogP contribution in [0.1, 0.15) is 12.8 Å². The quantitative estimate of drug-likeness (QED) is 0.845. The molecule has 0 amide bonds. The Kier molecular flexibility index (Phi) is 3.64. The van der Waals surface area contributed by atoms with Crippen molar-refractivity contribution in [3.05, 3.63) is 28.9 Å². The standard InChI is InChI=1S/C14H15BrFN3/c15-12-1-2-13-11(7-12)9-17-14(18-13)19-5-3-10(8-16)4-6-19/h1-2,7,9-10H,3-6,8H2. The molecule has 5 heteroatoms. The van der Waals surface area contributed by atoms with Gasteiger partial charge in [0.25, 0.3) is 0 Å². The fourth-order valence-electron chi connectivity index (χ4n) is 2.43. The third-order valence-electron chi connectivity index (χ3n) is 3.64. The lowest BCUT2D eigenvalue weighted by molar-refractivity contribution is 0.306. The summed E-state index contributed by atoms with van der Waals surface area (Å²) in [5.41, 5.74) is 0.945. The Morgan fingerprint density at radius 1 is 1.32 bits per heavy atom. The summed E-state index contributed by atoms with van der Waals surface area (Å²) in [7, 11) is 0. The molecule has 1 aromatic heterocycles. The molecule has 0 aliphatic carbocycles. The smallest absolute Gasteiger partial charge is 0.225 e. The van der Waals surface area contributed by atoms with Crippen molar-refractivity contribution in [2.45, 2.75) is 12.8 Å². The lowest BCUT2D eigenvalue weighted by Crippen LogP contribution is -2.35. The molecule has 2 aromatic rings. The van der Waals surface area contributed by atoms with Gasteiger partial charge in [-0.15, -0.1) is 0 Å². The minimum atomic E-state index is -0.208. The van der Waals surface area contributed by atoms with Gasteiger partial charge in [0.15, 0.2) is 0 Å². The van der Waals surface area contributed by atoms with Gasteiger partial charge in [0, 0.05) is 29.1 Å². The van der Waals surface area contributed by atoms with Crippen LogP contribution in [0.3, 0.4) is 0 Å². The Morgan fingerprint density at radius 3 is 2.84 bits per heavy atom. The molecule has 19 heavy (non-hydrogen) atoms. The summed E-state index contributed by atoms with van der Waals surface area (Å²) >= 11 is 3.44. The molecule has 0 radical (unpaired) electrons. The summed E-state index contributed by atoms with van der Waals surface area (Å²) < 4.78 is 13.6. The largest absolute Gasteiger partial charge is 0.341 e. The van der Waals surface area contributed by atoms with E-state index < -0.39 is 0 Å². The molecule has 1 fully saturated rings. The van der Waals surface area contributed by atoms with Crippen LogP contribution in [-0.4, -0.2) is 29.7 Å². The van der Waals surface area contributed by atoms with Gasteiger partial charge >= 0.3 is 0 Å². The fraction of sp³-hybridized carbons (Fsp3) is 0.429. The second-order valence-corrected chi connectivity index (χ2v) is 5.87. The van der Waals surface area contributed by atoms with E-state index in [9.17, 15) is 4.39 Å². The first-order valence-corrected chi connectivity index (χ1v) is 7.29. The van der Waals surface area contributed by atoms with Crippen LogP contribution < -0.4 is 4.90 Å². The predicted octanol–water partition coefficient (Wildman–Crippen LogP) is 3.58. The average Bonchev–Trinajstić information content (AvgIpc) is 2.47. The molecule has 2 heterocycles. The summed E-state index contributed by atoms with van der Waals surface area (Å²) in [6, 6.07) is 5.97. The molecule has 0 bridgehead atoms. The van der Waals surface area contributed by atoms with Crippen LogP contribution in [0.4, 0.5) is 10.3 Å². The highest BCUT2D eigenvalue weighted by Gasteiger charge is 2.20. The zero-order valence-corrected chi connectivity index (χ0v) is 12.1. The Bertz CT molecular complexity index is 582. The van der Waals surface area contributed by atoms with Crippen molar-refractivity contribution >= 4 is 32.8 Å². The van der Waals surface area contributed by atoms with E-state index in [1.807, 2.05) is 24.4 Å². The molecule has 1 aliphatic heterocycles. The van der Waals surface area contributed by atoms with Gasteiger partial charge in [0.2, 0.25) is 5.95 Å². The van der Waals surface area contributed by atoms with Crippen LogP contribution in [0.15, 0.2) is 28.9 Å². The fourth-order valence-corrected chi connectivity index (χ4v) is 2.81. The zero-order chi connectivity index (χ0) is 13.2. The van der Waals surface area contributed by atoms with Crippen molar-refractivity contribution in [2.75, 3.05) is 24.7 Å². The Labute approximate surface area is 120 Å². The third-order valence-corrected chi connectivity index (χ3v) is 4.14. The number of halogens is 2. The van der Waals surface area contributed by atoms with Gasteiger partial charge < -0.3 is 4.90 Å². The summed E-state index contributed by atoms with van der Waals surface area (Å²) in [6.07, 6.45) is 3.63. The molecule has 1 aromatic carbocycles. The van der Waals surface area contributed by atoms with E-state index in [4.69, 9.17) is 0 Å². The van der Waals surface area contributed by atoms with Crippen LogP contribution in [-0.2, 0) is 0 Å². The number of nitrogens with zero attached hydrogens (tertiary/aromatic N) is 3. The molecule has 0 atom stereocenters. The summed E-state index contributed by atoms with van der Waals surface area (Å²) in [5.74, 6) is 0.972. The van der Waals surface area contributed by atoms with E-state index in [1.54, 1.807) is 0 Å². The molecule has 0 unspecified atom stereocenters. The summed E-state index contributed by atoms with van der Waals surface area (Å²) in [4.78, 5) is 11.2. The lowest BCUT2D eigenvalue weighted by atomic mass is 9.99. The van der Waals surface area contributed by atoms with Crippen molar-refractivity contribution < 1.29 is 4.39 Å². The summed E-state index contributed by atoms with van der Waals surface area (Å²) in [5, 5.41) is 1.02. The summed E-state index contributed by atoms with van der Waals surface area (Å²) in [6.45, 7) is 1.48. The van der Waals surface area contributed by atoms with Gasteiger partial charge in [-0.2, -0.15) is 0 Å². The second-order valence-electron chi connectivity index (χ2n) is 4.96. The van der Waals surface area contributed by atoms with Crippen molar-refractivity contribution in [1.82, 2.24) is 9.97 Å². The van der Waals surface area contributed by atoms with Crippen LogP contribution in [0.5, 0.6) is 0 Å². The molecule has 3 nitrogen and oxygen atoms in total. The van der Waals surface area contributed by atoms with Gasteiger partial charge in [-0.1, -0.05) is 15.9 Å². The van der Waals surface area contributed by atoms with Crippen molar-refractivity contribution in [3.63, 3.8) is 0 Å². The minimum Gasteiger partial charge on any atom is -0.341 e. The third kappa shape index (κ3) is 2.71.